The zero-order valence-corrected chi connectivity index (χ0v) is 14.2. The van der Waals surface area contributed by atoms with Crippen molar-refractivity contribution in [3.8, 4) is 11.5 Å². The number of halogens is 1. The number of hydrogen-bond donors (Lipinski definition) is 1. The Balaban J connectivity index is 2.43. The van der Waals surface area contributed by atoms with Gasteiger partial charge in [0, 0.05) is 15.3 Å². The monoisotopic (exact) mass is 355 g/mol. The molecular weight excluding hydrogens is 338 g/mol. The first-order valence-corrected chi connectivity index (χ1v) is 7.97. The molecule has 1 heterocycles. The Bertz CT molecular complexity index is 598. The van der Waals surface area contributed by atoms with Gasteiger partial charge in [-0.15, -0.1) is 11.3 Å². The van der Waals surface area contributed by atoms with Crippen LogP contribution in [0.1, 0.15) is 28.3 Å². The van der Waals surface area contributed by atoms with Gasteiger partial charge in [-0.05, 0) is 46.6 Å². The van der Waals surface area contributed by atoms with Crippen molar-refractivity contribution < 1.29 is 9.47 Å². The summed E-state index contributed by atoms with van der Waals surface area (Å²) >= 11 is 5.25. The van der Waals surface area contributed by atoms with Gasteiger partial charge in [-0.3, -0.25) is 0 Å². The molecule has 1 unspecified atom stereocenters. The minimum atomic E-state index is -0.197. The first kappa shape index (κ1) is 15.4. The lowest BCUT2D eigenvalue weighted by Crippen LogP contribution is -2.12. The summed E-state index contributed by atoms with van der Waals surface area (Å²) < 4.78 is 11.6. The smallest absolute Gasteiger partial charge is 0.141 e. The van der Waals surface area contributed by atoms with Crippen LogP contribution in [-0.4, -0.2) is 14.2 Å². The lowest BCUT2D eigenvalue weighted by Gasteiger charge is -2.17. The highest BCUT2D eigenvalue weighted by molar-refractivity contribution is 9.10. The summed E-state index contributed by atoms with van der Waals surface area (Å²) in [7, 11) is 3.27. The van der Waals surface area contributed by atoms with E-state index in [0.717, 1.165) is 32.8 Å². The van der Waals surface area contributed by atoms with Gasteiger partial charge in [0.2, 0.25) is 0 Å². The minimum absolute atomic E-state index is 0.197. The molecule has 1 aromatic carbocycles. The summed E-state index contributed by atoms with van der Waals surface area (Å²) in [5, 5.41) is 0. The van der Waals surface area contributed by atoms with Gasteiger partial charge in [0.25, 0.3) is 0 Å². The third-order valence-corrected chi connectivity index (χ3v) is 5.25. The topological polar surface area (TPSA) is 44.5 Å². The minimum Gasteiger partial charge on any atom is -0.495 e. The second kappa shape index (κ2) is 6.61. The molecule has 108 valence electrons. The molecule has 0 saturated heterocycles. The van der Waals surface area contributed by atoms with Gasteiger partial charge >= 0.3 is 0 Å². The normalized spacial score (nSPS) is 12.2. The number of nitrogens with two attached hydrogens (primary N) is 1. The van der Waals surface area contributed by atoms with E-state index < -0.39 is 0 Å². The summed E-state index contributed by atoms with van der Waals surface area (Å²) in [5.41, 5.74) is 7.34. The second-order valence-corrected chi connectivity index (χ2v) is 6.33. The lowest BCUT2D eigenvalue weighted by atomic mass is 10.0. The maximum Gasteiger partial charge on any atom is 0.141 e. The van der Waals surface area contributed by atoms with E-state index in [9.17, 15) is 0 Å². The van der Waals surface area contributed by atoms with Gasteiger partial charge in [0.1, 0.15) is 16.0 Å². The van der Waals surface area contributed by atoms with E-state index >= 15 is 0 Å². The average Bonchev–Trinajstić information content (AvgIpc) is 2.95. The predicted octanol–water partition coefficient (Wildman–Crippen LogP) is 4.14. The Morgan fingerprint density at radius 1 is 1.20 bits per heavy atom. The summed E-state index contributed by atoms with van der Waals surface area (Å²) in [6, 6.07) is 7.88. The van der Waals surface area contributed by atoms with Crippen molar-refractivity contribution in [1.82, 2.24) is 0 Å². The molecule has 0 aliphatic carbocycles. The maximum absolute atomic E-state index is 6.39. The van der Waals surface area contributed by atoms with Crippen LogP contribution in [0, 0.1) is 0 Å². The van der Waals surface area contributed by atoms with E-state index in [-0.39, 0.29) is 6.04 Å². The zero-order valence-electron chi connectivity index (χ0n) is 11.8. The van der Waals surface area contributed by atoms with Crippen LogP contribution in [0.3, 0.4) is 0 Å². The number of aryl methyl sites for hydroxylation is 1. The Morgan fingerprint density at radius 3 is 2.50 bits per heavy atom. The molecule has 2 rings (SSSR count). The van der Waals surface area contributed by atoms with Crippen LogP contribution in [0.4, 0.5) is 0 Å². The summed E-state index contributed by atoms with van der Waals surface area (Å²) in [4.78, 5) is 2.47. The van der Waals surface area contributed by atoms with Crippen LogP contribution in [0.5, 0.6) is 11.5 Å². The van der Waals surface area contributed by atoms with Crippen molar-refractivity contribution in [3.05, 3.63) is 44.1 Å². The quantitative estimate of drug-likeness (QED) is 0.876. The first-order chi connectivity index (χ1) is 9.62. The van der Waals surface area contributed by atoms with E-state index in [1.165, 1.54) is 4.88 Å². The molecule has 3 nitrogen and oxygen atoms in total. The molecule has 0 amide bonds. The first-order valence-electron chi connectivity index (χ1n) is 6.36. The van der Waals surface area contributed by atoms with Gasteiger partial charge in [-0.25, -0.2) is 0 Å². The highest BCUT2D eigenvalue weighted by atomic mass is 79.9. The number of benzene rings is 1. The third-order valence-electron chi connectivity index (χ3n) is 3.19. The zero-order chi connectivity index (χ0) is 14.7. The molecule has 0 fully saturated rings. The van der Waals surface area contributed by atoms with Crippen LogP contribution in [-0.2, 0) is 6.42 Å². The van der Waals surface area contributed by atoms with Crippen LogP contribution < -0.4 is 15.2 Å². The van der Waals surface area contributed by atoms with Crippen LogP contribution in [0.2, 0.25) is 0 Å². The molecule has 0 aliphatic heterocycles. The number of thiophene rings is 1. The highest BCUT2D eigenvalue weighted by Gasteiger charge is 2.20. The third kappa shape index (κ3) is 2.85. The highest BCUT2D eigenvalue weighted by Crippen LogP contribution is 2.41. The second-order valence-electron chi connectivity index (χ2n) is 4.34. The molecule has 0 aliphatic rings. The van der Waals surface area contributed by atoms with E-state index in [1.54, 1.807) is 25.6 Å². The lowest BCUT2D eigenvalue weighted by molar-refractivity contribution is 0.385. The summed E-state index contributed by atoms with van der Waals surface area (Å²) in [5.74, 6) is 1.46. The summed E-state index contributed by atoms with van der Waals surface area (Å²) in [6.45, 7) is 2.14. The molecule has 2 aromatic rings. The van der Waals surface area contributed by atoms with Crippen molar-refractivity contribution >= 4 is 27.3 Å². The molecule has 20 heavy (non-hydrogen) atoms. The Kier molecular flexibility index (Phi) is 5.07. The molecule has 1 atom stereocenters. The number of rotatable bonds is 5. The van der Waals surface area contributed by atoms with Gasteiger partial charge in [-0.2, -0.15) is 0 Å². The Labute approximate surface area is 131 Å². The molecular formula is C15H18BrNO2S. The van der Waals surface area contributed by atoms with Crippen molar-refractivity contribution in [2.24, 2.45) is 5.73 Å². The van der Waals surface area contributed by atoms with E-state index in [0.29, 0.717) is 0 Å². The van der Waals surface area contributed by atoms with Gasteiger partial charge in [0.05, 0.1) is 20.3 Å². The fourth-order valence-corrected chi connectivity index (χ4v) is 3.73. The maximum atomic E-state index is 6.39. The van der Waals surface area contributed by atoms with Gasteiger partial charge in [0.15, 0.2) is 0 Å². The van der Waals surface area contributed by atoms with E-state index in [4.69, 9.17) is 15.2 Å². The van der Waals surface area contributed by atoms with Crippen molar-refractivity contribution in [3.63, 3.8) is 0 Å². The number of ether oxygens (including phenoxy) is 2. The molecule has 1 aromatic heterocycles. The average molecular weight is 356 g/mol. The fourth-order valence-electron chi connectivity index (χ4n) is 2.07. The van der Waals surface area contributed by atoms with Crippen LogP contribution in [0.25, 0.3) is 0 Å². The van der Waals surface area contributed by atoms with Crippen LogP contribution >= 0.6 is 27.3 Å². The summed E-state index contributed by atoms with van der Waals surface area (Å²) in [6.07, 6.45) is 1.03. The standard InChI is InChI=1S/C15H18BrNO2S/c1-4-9-5-8-12(20-9)14(17)10-6-7-11(18-2)13(16)15(10)19-3/h5-8,14H,4,17H2,1-3H3. The van der Waals surface area contributed by atoms with Crippen molar-refractivity contribution in [1.29, 1.82) is 0 Å². The SMILES string of the molecule is CCc1ccc(C(N)c2ccc(OC)c(Br)c2OC)s1. The van der Waals surface area contributed by atoms with Gasteiger partial charge < -0.3 is 15.2 Å². The Morgan fingerprint density at radius 2 is 1.95 bits per heavy atom. The van der Waals surface area contributed by atoms with Gasteiger partial charge in [-0.1, -0.05) is 6.92 Å². The van der Waals surface area contributed by atoms with Crippen molar-refractivity contribution in [2.75, 3.05) is 14.2 Å². The molecule has 0 spiro atoms. The molecule has 2 N–H and O–H groups in total. The molecule has 5 heteroatoms. The largest absolute Gasteiger partial charge is 0.495 e. The molecule has 0 bridgehead atoms. The number of hydrogen-bond acceptors (Lipinski definition) is 4. The van der Waals surface area contributed by atoms with E-state index in [2.05, 4.69) is 35.0 Å². The number of methoxy groups -OCH3 is 2. The fraction of sp³-hybridized carbons (Fsp3) is 0.333. The van der Waals surface area contributed by atoms with Crippen molar-refractivity contribution in [2.45, 2.75) is 19.4 Å². The predicted molar refractivity (Wildman–Crippen MR) is 87.0 cm³/mol. The molecule has 0 radical (unpaired) electrons. The Hall–Kier alpha value is -1.04. The van der Waals surface area contributed by atoms with E-state index in [1.807, 2.05) is 12.1 Å². The molecule has 0 saturated carbocycles. The van der Waals surface area contributed by atoms with Crippen LogP contribution in [0.15, 0.2) is 28.7 Å².